The summed E-state index contributed by atoms with van der Waals surface area (Å²) in [4.78, 5) is 25.5. The molecule has 9 heteroatoms. The Balaban J connectivity index is 1.33. The van der Waals surface area contributed by atoms with Gasteiger partial charge in [-0.15, -0.1) is 0 Å². The van der Waals surface area contributed by atoms with Gasteiger partial charge in [0.2, 0.25) is 5.76 Å². The first-order valence-electron chi connectivity index (χ1n) is 11.6. The fourth-order valence-corrected chi connectivity index (χ4v) is 4.65. The summed E-state index contributed by atoms with van der Waals surface area (Å²) < 4.78 is 43.9. The molecule has 6 nitrogen and oxygen atoms in total. The SMILES string of the molecule is Cc1cccc(C(=O)Nc2ccc3c(c2)C[C@H](NC(=O)c2ccno2)C3)c1-c1ccc(C(F)(F)F)cc1. The maximum absolute atomic E-state index is 13.3. The van der Waals surface area contributed by atoms with Crippen molar-refractivity contribution in [2.75, 3.05) is 5.32 Å². The number of anilines is 1. The molecule has 0 radical (unpaired) electrons. The van der Waals surface area contributed by atoms with Gasteiger partial charge in [-0.3, -0.25) is 9.59 Å². The molecule has 1 aromatic heterocycles. The zero-order chi connectivity index (χ0) is 26.2. The molecule has 188 valence electrons. The average Bonchev–Trinajstić information content (AvgIpc) is 3.53. The highest BCUT2D eigenvalue weighted by Crippen LogP contribution is 2.34. The molecule has 0 unspecified atom stereocenters. The van der Waals surface area contributed by atoms with Gasteiger partial charge >= 0.3 is 6.18 Å². The number of hydrogen-bond acceptors (Lipinski definition) is 4. The fourth-order valence-electron chi connectivity index (χ4n) is 4.65. The van der Waals surface area contributed by atoms with Crippen LogP contribution in [0.15, 0.2) is 77.4 Å². The summed E-state index contributed by atoms with van der Waals surface area (Å²) in [6, 6.07) is 17.0. The minimum absolute atomic E-state index is 0.110. The van der Waals surface area contributed by atoms with Crippen molar-refractivity contribution in [3.8, 4) is 11.1 Å². The first-order valence-corrected chi connectivity index (χ1v) is 11.6. The Hall–Kier alpha value is -4.40. The van der Waals surface area contributed by atoms with Crippen LogP contribution in [0.1, 0.15) is 43.2 Å². The quantitative estimate of drug-likeness (QED) is 0.358. The number of carbonyl (C=O) groups is 2. The second kappa shape index (κ2) is 9.57. The molecule has 37 heavy (non-hydrogen) atoms. The van der Waals surface area contributed by atoms with Crippen LogP contribution < -0.4 is 10.6 Å². The Bertz CT molecular complexity index is 1460. The molecule has 1 atom stereocenters. The number of aromatic nitrogens is 1. The van der Waals surface area contributed by atoms with Crippen molar-refractivity contribution in [2.45, 2.75) is 32.0 Å². The Kier molecular flexibility index (Phi) is 6.29. The standard InChI is InChI=1S/C28H22F3N3O3/c1-16-3-2-4-23(25(16)17-5-8-20(9-6-17)28(29,30)31)26(35)33-21-10-7-18-13-22(15-19(18)14-21)34-27(36)24-11-12-32-37-24/h2-12,14,22H,13,15H2,1H3,(H,33,35)(H,34,36)/t22-/m1/s1. The van der Waals surface area contributed by atoms with Crippen LogP contribution in [0.5, 0.6) is 0 Å². The summed E-state index contributed by atoms with van der Waals surface area (Å²) in [5.74, 6) is -0.559. The molecular formula is C28H22F3N3O3. The minimum atomic E-state index is -4.43. The summed E-state index contributed by atoms with van der Waals surface area (Å²) in [5, 5.41) is 9.38. The summed E-state index contributed by atoms with van der Waals surface area (Å²) >= 11 is 0. The van der Waals surface area contributed by atoms with Crippen molar-refractivity contribution < 1.29 is 27.3 Å². The van der Waals surface area contributed by atoms with Crippen LogP contribution >= 0.6 is 0 Å². The third kappa shape index (κ3) is 5.11. The smallest absolute Gasteiger partial charge is 0.351 e. The van der Waals surface area contributed by atoms with Crippen molar-refractivity contribution in [1.29, 1.82) is 0 Å². The summed E-state index contributed by atoms with van der Waals surface area (Å²) in [5.41, 5.74) is 4.15. The van der Waals surface area contributed by atoms with Gasteiger partial charge in [0.25, 0.3) is 11.8 Å². The molecule has 5 rings (SSSR count). The number of nitrogens with zero attached hydrogens (tertiary/aromatic N) is 1. The maximum Gasteiger partial charge on any atom is 0.416 e. The zero-order valence-electron chi connectivity index (χ0n) is 19.7. The molecule has 3 aromatic carbocycles. The average molecular weight is 505 g/mol. The van der Waals surface area contributed by atoms with E-state index in [4.69, 9.17) is 4.52 Å². The molecule has 1 aliphatic carbocycles. The van der Waals surface area contributed by atoms with Crippen LogP contribution in [0, 0.1) is 6.92 Å². The normalized spacial score (nSPS) is 14.8. The highest BCUT2D eigenvalue weighted by molar-refractivity contribution is 6.09. The van der Waals surface area contributed by atoms with Crippen molar-refractivity contribution in [1.82, 2.24) is 10.5 Å². The predicted octanol–water partition coefficient (Wildman–Crippen LogP) is 5.82. The molecule has 4 aromatic rings. The number of aryl methyl sites for hydroxylation is 1. The lowest BCUT2D eigenvalue weighted by Gasteiger charge is -2.15. The molecule has 0 bridgehead atoms. The number of halogens is 3. The van der Waals surface area contributed by atoms with Crippen LogP contribution in [-0.2, 0) is 19.0 Å². The Morgan fingerprint density at radius 2 is 1.70 bits per heavy atom. The molecule has 2 N–H and O–H groups in total. The van der Waals surface area contributed by atoms with Gasteiger partial charge in [0.05, 0.1) is 11.8 Å². The highest BCUT2D eigenvalue weighted by Gasteiger charge is 2.30. The summed E-state index contributed by atoms with van der Waals surface area (Å²) in [7, 11) is 0. The van der Waals surface area contributed by atoms with E-state index in [0.717, 1.165) is 28.8 Å². The van der Waals surface area contributed by atoms with Gasteiger partial charge in [0, 0.05) is 23.4 Å². The number of amides is 2. The number of fused-ring (bicyclic) bond motifs is 1. The molecule has 1 heterocycles. The molecular weight excluding hydrogens is 483 g/mol. The zero-order valence-corrected chi connectivity index (χ0v) is 19.7. The number of benzene rings is 3. The summed E-state index contributed by atoms with van der Waals surface area (Å²) in [6.07, 6.45) is -1.78. The topological polar surface area (TPSA) is 84.2 Å². The van der Waals surface area contributed by atoms with Gasteiger partial charge in [-0.2, -0.15) is 13.2 Å². The lowest BCUT2D eigenvalue weighted by molar-refractivity contribution is -0.137. The van der Waals surface area contributed by atoms with Gasteiger partial charge in [0.15, 0.2) is 0 Å². The third-order valence-corrected chi connectivity index (χ3v) is 6.41. The van der Waals surface area contributed by atoms with Gasteiger partial charge in [-0.05, 0) is 77.9 Å². The van der Waals surface area contributed by atoms with Crippen LogP contribution in [0.3, 0.4) is 0 Å². The minimum Gasteiger partial charge on any atom is -0.351 e. The highest BCUT2D eigenvalue weighted by atomic mass is 19.4. The number of rotatable bonds is 5. The van der Waals surface area contributed by atoms with Crippen molar-refractivity contribution in [2.24, 2.45) is 0 Å². The molecule has 0 spiro atoms. The van der Waals surface area contributed by atoms with E-state index < -0.39 is 11.7 Å². The molecule has 2 amide bonds. The lowest BCUT2D eigenvalue weighted by atomic mass is 9.93. The van der Waals surface area contributed by atoms with E-state index in [1.165, 1.54) is 24.4 Å². The largest absolute Gasteiger partial charge is 0.416 e. The molecule has 1 aliphatic rings. The van der Waals surface area contributed by atoms with E-state index in [1.807, 2.05) is 25.1 Å². The fraction of sp³-hybridized carbons (Fsp3) is 0.179. The predicted molar refractivity (Wildman–Crippen MR) is 131 cm³/mol. The van der Waals surface area contributed by atoms with E-state index in [9.17, 15) is 22.8 Å². The molecule has 0 saturated heterocycles. The van der Waals surface area contributed by atoms with Crippen LogP contribution in [0.4, 0.5) is 18.9 Å². The van der Waals surface area contributed by atoms with E-state index in [1.54, 1.807) is 18.2 Å². The van der Waals surface area contributed by atoms with E-state index in [-0.39, 0.29) is 23.6 Å². The van der Waals surface area contributed by atoms with Crippen LogP contribution in [0.25, 0.3) is 11.1 Å². The van der Waals surface area contributed by atoms with Gasteiger partial charge < -0.3 is 15.2 Å². The molecule has 0 saturated carbocycles. The summed E-state index contributed by atoms with van der Waals surface area (Å²) in [6.45, 7) is 1.81. The first-order chi connectivity index (χ1) is 17.7. The second-order valence-corrected chi connectivity index (χ2v) is 8.97. The van der Waals surface area contributed by atoms with Crippen LogP contribution in [-0.4, -0.2) is 23.0 Å². The number of hydrogen-bond donors (Lipinski definition) is 2. The van der Waals surface area contributed by atoms with E-state index in [0.29, 0.717) is 35.2 Å². The van der Waals surface area contributed by atoms with Gasteiger partial charge in [-0.1, -0.05) is 35.5 Å². The number of nitrogens with one attached hydrogen (secondary N) is 2. The Morgan fingerprint density at radius 3 is 2.41 bits per heavy atom. The van der Waals surface area contributed by atoms with Crippen molar-refractivity contribution in [3.05, 3.63) is 107 Å². The van der Waals surface area contributed by atoms with Crippen molar-refractivity contribution in [3.63, 3.8) is 0 Å². The van der Waals surface area contributed by atoms with Crippen molar-refractivity contribution >= 4 is 17.5 Å². The van der Waals surface area contributed by atoms with E-state index >= 15 is 0 Å². The number of carbonyl (C=O) groups excluding carboxylic acids is 2. The first kappa shape index (κ1) is 24.3. The monoisotopic (exact) mass is 505 g/mol. The Morgan fingerprint density at radius 1 is 0.946 bits per heavy atom. The van der Waals surface area contributed by atoms with E-state index in [2.05, 4.69) is 15.8 Å². The third-order valence-electron chi connectivity index (χ3n) is 6.41. The number of alkyl halides is 3. The van der Waals surface area contributed by atoms with Gasteiger partial charge in [-0.25, -0.2) is 0 Å². The molecule has 0 aliphatic heterocycles. The maximum atomic E-state index is 13.3. The van der Waals surface area contributed by atoms with Gasteiger partial charge in [0.1, 0.15) is 0 Å². The lowest BCUT2D eigenvalue weighted by Crippen LogP contribution is -2.35. The second-order valence-electron chi connectivity index (χ2n) is 8.97. The van der Waals surface area contributed by atoms with Crippen LogP contribution in [0.2, 0.25) is 0 Å². The molecule has 0 fully saturated rings. The Labute approximate surface area is 210 Å².